The Morgan fingerprint density at radius 3 is 2.68 bits per heavy atom. The average molecular weight is 271 g/mol. The maximum absolute atomic E-state index is 6.35. The van der Waals surface area contributed by atoms with E-state index in [1.54, 1.807) is 0 Å². The molecule has 1 aliphatic rings. The van der Waals surface area contributed by atoms with E-state index in [9.17, 15) is 0 Å². The van der Waals surface area contributed by atoms with E-state index in [1.165, 1.54) is 11.1 Å². The summed E-state index contributed by atoms with van der Waals surface area (Å²) in [7, 11) is 0. The van der Waals surface area contributed by atoms with Gasteiger partial charge in [-0.15, -0.1) is 0 Å². The van der Waals surface area contributed by atoms with Gasteiger partial charge in [-0.05, 0) is 36.2 Å². The number of rotatable bonds is 2. The van der Waals surface area contributed by atoms with Gasteiger partial charge in [0.1, 0.15) is 5.84 Å². The van der Waals surface area contributed by atoms with Gasteiger partial charge in [0, 0.05) is 22.7 Å². The van der Waals surface area contributed by atoms with E-state index < -0.39 is 0 Å². The highest BCUT2D eigenvalue weighted by molar-refractivity contribution is 6.33. The zero-order valence-electron chi connectivity index (χ0n) is 10.8. The first-order valence-corrected chi connectivity index (χ1v) is 6.78. The molecule has 3 heteroatoms. The zero-order valence-corrected chi connectivity index (χ0v) is 11.5. The SMILES string of the molecule is Cc1ccccc1-c1cc(C2=NCCN2)ccc1Cl. The monoisotopic (exact) mass is 270 g/mol. The van der Waals surface area contributed by atoms with Crippen LogP contribution in [0.15, 0.2) is 47.5 Å². The van der Waals surface area contributed by atoms with Crippen LogP contribution >= 0.6 is 11.6 Å². The second kappa shape index (κ2) is 5.06. The Morgan fingerprint density at radius 1 is 1.11 bits per heavy atom. The highest BCUT2D eigenvalue weighted by Crippen LogP contribution is 2.31. The zero-order chi connectivity index (χ0) is 13.2. The molecule has 0 unspecified atom stereocenters. The molecule has 19 heavy (non-hydrogen) atoms. The molecule has 96 valence electrons. The molecule has 0 aliphatic carbocycles. The highest BCUT2D eigenvalue weighted by atomic mass is 35.5. The van der Waals surface area contributed by atoms with E-state index >= 15 is 0 Å². The summed E-state index contributed by atoms with van der Waals surface area (Å²) in [5.41, 5.74) is 4.56. The molecule has 0 saturated heterocycles. The first kappa shape index (κ1) is 12.2. The standard InChI is InChI=1S/C16H15ClN2/c1-11-4-2-3-5-13(11)14-10-12(6-7-15(14)17)16-18-8-9-19-16/h2-7,10H,8-9H2,1H3,(H,18,19). The summed E-state index contributed by atoms with van der Waals surface area (Å²) in [5, 5.41) is 4.07. The van der Waals surface area contributed by atoms with Gasteiger partial charge in [0.15, 0.2) is 0 Å². The number of nitrogens with one attached hydrogen (secondary N) is 1. The van der Waals surface area contributed by atoms with E-state index in [-0.39, 0.29) is 0 Å². The smallest absolute Gasteiger partial charge is 0.128 e. The molecule has 0 atom stereocenters. The normalized spacial score (nSPS) is 14.1. The van der Waals surface area contributed by atoms with Crippen LogP contribution in [0.25, 0.3) is 11.1 Å². The van der Waals surface area contributed by atoms with Gasteiger partial charge in [0.05, 0.1) is 6.54 Å². The number of aliphatic imine (C=N–C) groups is 1. The Balaban J connectivity index is 2.11. The Bertz CT molecular complexity index is 647. The lowest BCUT2D eigenvalue weighted by Crippen LogP contribution is -2.19. The van der Waals surface area contributed by atoms with Crippen molar-refractivity contribution in [2.45, 2.75) is 6.92 Å². The van der Waals surface area contributed by atoms with Crippen LogP contribution in [-0.2, 0) is 0 Å². The summed E-state index contributed by atoms with van der Waals surface area (Å²) >= 11 is 6.35. The summed E-state index contributed by atoms with van der Waals surface area (Å²) in [6.07, 6.45) is 0. The fraction of sp³-hybridized carbons (Fsp3) is 0.188. The van der Waals surface area contributed by atoms with Gasteiger partial charge in [-0.2, -0.15) is 0 Å². The maximum atomic E-state index is 6.35. The molecule has 0 spiro atoms. The fourth-order valence-corrected chi connectivity index (χ4v) is 2.56. The molecule has 0 fully saturated rings. The minimum Gasteiger partial charge on any atom is -0.368 e. The maximum Gasteiger partial charge on any atom is 0.128 e. The summed E-state index contributed by atoms with van der Waals surface area (Å²) < 4.78 is 0. The quantitative estimate of drug-likeness (QED) is 0.885. The minimum atomic E-state index is 0.775. The van der Waals surface area contributed by atoms with Crippen LogP contribution in [0, 0.1) is 6.92 Å². The number of hydrogen-bond acceptors (Lipinski definition) is 2. The number of aryl methyl sites for hydroxylation is 1. The summed E-state index contributed by atoms with van der Waals surface area (Å²) in [5.74, 6) is 0.964. The van der Waals surface area contributed by atoms with Crippen molar-refractivity contribution in [2.24, 2.45) is 4.99 Å². The third-order valence-corrected chi connectivity index (χ3v) is 3.68. The molecule has 0 radical (unpaired) electrons. The molecule has 1 N–H and O–H groups in total. The minimum absolute atomic E-state index is 0.775. The molecule has 3 rings (SSSR count). The van der Waals surface area contributed by atoms with Crippen molar-refractivity contribution in [1.82, 2.24) is 5.32 Å². The van der Waals surface area contributed by atoms with Crippen LogP contribution in [-0.4, -0.2) is 18.9 Å². The number of halogens is 1. The molecule has 1 aliphatic heterocycles. The molecule has 1 heterocycles. The average Bonchev–Trinajstić information content (AvgIpc) is 2.94. The molecule has 0 aromatic heterocycles. The molecule has 2 aromatic carbocycles. The van der Waals surface area contributed by atoms with Crippen molar-refractivity contribution in [1.29, 1.82) is 0 Å². The number of nitrogens with zero attached hydrogens (tertiary/aromatic N) is 1. The predicted octanol–water partition coefficient (Wildman–Crippen LogP) is 3.67. The van der Waals surface area contributed by atoms with Gasteiger partial charge in [-0.1, -0.05) is 35.9 Å². The summed E-state index contributed by atoms with van der Waals surface area (Å²) in [4.78, 5) is 4.46. The Morgan fingerprint density at radius 2 is 1.95 bits per heavy atom. The van der Waals surface area contributed by atoms with E-state index in [2.05, 4.69) is 35.4 Å². The molecule has 0 saturated carbocycles. The summed E-state index contributed by atoms with van der Waals surface area (Å²) in [6, 6.07) is 14.4. The van der Waals surface area contributed by atoms with E-state index in [1.807, 2.05) is 24.3 Å². The van der Waals surface area contributed by atoms with Crippen LogP contribution in [0.2, 0.25) is 5.02 Å². The topological polar surface area (TPSA) is 24.4 Å². The Kier molecular flexibility index (Phi) is 3.26. The van der Waals surface area contributed by atoms with E-state index in [0.29, 0.717) is 0 Å². The van der Waals surface area contributed by atoms with E-state index in [4.69, 9.17) is 11.6 Å². The third kappa shape index (κ3) is 2.36. The van der Waals surface area contributed by atoms with Gasteiger partial charge < -0.3 is 5.32 Å². The van der Waals surface area contributed by atoms with Crippen LogP contribution in [0.1, 0.15) is 11.1 Å². The van der Waals surface area contributed by atoms with Crippen LogP contribution in [0.4, 0.5) is 0 Å². The lowest BCUT2D eigenvalue weighted by molar-refractivity contribution is 0.960. The Labute approximate surface area is 118 Å². The number of benzene rings is 2. The first-order chi connectivity index (χ1) is 9.25. The molecular formula is C16H15ClN2. The van der Waals surface area contributed by atoms with Gasteiger partial charge in [-0.3, -0.25) is 4.99 Å². The Hall–Kier alpha value is -1.80. The van der Waals surface area contributed by atoms with Crippen molar-refractivity contribution in [3.63, 3.8) is 0 Å². The van der Waals surface area contributed by atoms with Gasteiger partial charge in [0.25, 0.3) is 0 Å². The van der Waals surface area contributed by atoms with Crippen molar-refractivity contribution in [3.8, 4) is 11.1 Å². The number of amidine groups is 1. The molecule has 0 bridgehead atoms. The molecule has 0 amide bonds. The first-order valence-electron chi connectivity index (χ1n) is 6.40. The van der Waals surface area contributed by atoms with Gasteiger partial charge in [0.2, 0.25) is 0 Å². The second-order valence-electron chi connectivity index (χ2n) is 4.67. The highest BCUT2D eigenvalue weighted by Gasteiger charge is 2.12. The van der Waals surface area contributed by atoms with Gasteiger partial charge in [-0.25, -0.2) is 0 Å². The van der Waals surface area contributed by atoms with Crippen molar-refractivity contribution in [3.05, 3.63) is 58.6 Å². The lowest BCUT2D eigenvalue weighted by atomic mass is 9.98. The molecular weight excluding hydrogens is 256 g/mol. The van der Waals surface area contributed by atoms with Crippen molar-refractivity contribution < 1.29 is 0 Å². The molecule has 2 aromatic rings. The van der Waals surface area contributed by atoms with E-state index in [0.717, 1.165) is 35.1 Å². The predicted molar refractivity (Wildman–Crippen MR) is 81.0 cm³/mol. The lowest BCUT2D eigenvalue weighted by Gasteiger charge is -2.10. The van der Waals surface area contributed by atoms with Crippen LogP contribution in [0.5, 0.6) is 0 Å². The van der Waals surface area contributed by atoms with Crippen LogP contribution < -0.4 is 5.32 Å². The van der Waals surface area contributed by atoms with Crippen molar-refractivity contribution in [2.75, 3.05) is 13.1 Å². The van der Waals surface area contributed by atoms with Crippen molar-refractivity contribution >= 4 is 17.4 Å². The second-order valence-corrected chi connectivity index (χ2v) is 5.07. The summed E-state index contributed by atoms with van der Waals surface area (Å²) in [6.45, 7) is 3.86. The van der Waals surface area contributed by atoms with Crippen LogP contribution in [0.3, 0.4) is 0 Å². The third-order valence-electron chi connectivity index (χ3n) is 3.35. The number of hydrogen-bond donors (Lipinski definition) is 1. The molecule has 2 nitrogen and oxygen atoms in total. The fourth-order valence-electron chi connectivity index (χ4n) is 2.35. The largest absolute Gasteiger partial charge is 0.368 e. The van der Waals surface area contributed by atoms with Gasteiger partial charge >= 0.3 is 0 Å².